The van der Waals surface area contributed by atoms with Crippen LogP contribution in [0, 0.1) is 0 Å². The van der Waals surface area contributed by atoms with Crippen LogP contribution in [0.1, 0.15) is 36.0 Å². The standard InChI is InChI=1S/C14H18N2S/c1-3-13-9-17-14(16-13)10(2)8-11-4-6-12(15)7-5-11/h4-7,9-10H,3,8,15H2,1-2H3/p+1/t10-/m0/s1. The lowest BCUT2D eigenvalue weighted by Gasteiger charge is -2.08. The Morgan fingerprint density at radius 3 is 2.59 bits per heavy atom. The number of rotatable bonds is 4. The van der Waals surface area contributed by atoms with Crippen LogP contribution in [0.15, 0.2) is 29.6 Å². The molecule has 1 heterocycles. The maximum atomic E-state index is 4.65. The second-order valence-corrected chi connectivity index (χ2v) is 5.34. The number of quaternary nitrogens is 1. The van der Waals surface area contributed by atoms with Crippen molar-refractivity contribution in [3.63, 3.8) is 0 Å². The van der Waals surface area contributed by atoms with Gasteiger partial charge < -0.3 is 5.73 Å². The Morgan fingerprint density at radius 1 is 1.29 bits per heavy atom. The highest BCUT2D eigenvalue weighted by atomic mass is 32.1. The summed E-state index contributed by atoms with van der Waals surface area (Å²) in [6.45, 7) is 4.40. The number of hydrogen-bond donors (Lipinski definition) is 1. The van der Waals surface area contributed by atoms with Crippen LogP contribution in [0.4, 0.5) is 5.69 Å². The molecule has 0 saturated heterocycles. The highest BCUT2D eigenvalue weighted by Gasteiger charge is 2.11. The van der Waals surface area contributed by atoms with Crippen LogP contribution >= 0.6 is 11.3 Å². The van der Waals surface area contributed by atoms with Crippen molar-refractivity contribution >= 4 is 17.0 Å². The van der Waals surface area contributed by atoms with E-state index in [2.05, 4.69) is 54.2 Å². The Balaban J connectivity index is 2.05. The molecule has 2 aromatic rings. The van der Waals surface area contributed by atoms with Crippen LogP contribution in [-0.2, 0) is 12.8 Å². The van der Waals surface area contributed by atoms with E-state index in [1.165, 1.54) is 16.3 Å². The summed E-state index contributed by atoms with van der Waals surface area (Å²) in [5.41, 5.74) is 7.55. The molecule has 0 radical (unpaired) electrons. The van der Waals surface area contributed by atoms with Crippen LogP contribution in [0.5, 0.6) is 0 Å². The molecule has 0 aliphatic carbocycles. The minimum absolute atomic E-state index is 0.496. The molecule has 0 fully saturated rings. The van der Waals surface area contributed by atoms with Gasteiger partial charge >= 0.3 is 0 Å². The quantitative estimate of drug-likeness (QED) is 0.886. The predicted molar refractivity (Wildman–Crippen MR) is 72.6 cm³/mol. The van der Waals surface area contributed by atoms with Gasteiger partial charge in [-0.05, 0) is 30.5 Å². The van der Waals surface area contributed by atoms with Crippen LogP contribution in [0.2, 0.25) is 0 Å². The van der Waals surface area contributed by atoms with Gasteiger partial charge in [-0.15, -0.1) is 11.3 Å². The SMILES string of the molecule is CCc1csc([C@@H](C)Cc2ccc([NH3+])cc2)n1. The first-order valence-corrected chi connectivity index (χ1v) is 6.92. The van der Waals surface area contributed by atoms with Crippen molar-refractivity contribution < 1.29 is 5.73 Å². The molecule has 0 aliphatic heterocycles. The lowest BCUT2D eigenvalue weighted by molar-refractivity contribution is -0.254. The van der Waals surface area contributed by atoms with E-state index >= 15 is 0 Å². The minimum Gasteiger partial charge on any atom is -0.325 e. The minimum atomic E-state index is 0.496. The van der Waals surface area contributed by atoms with Gasteiger partial charge in [-0.2, -0.15) is 0 Å². The third kappa shape index (κ3) is 3.14. The summed E-state index contributed by atoms with van der Waals surface area (Å²) in [4.78, 5) is 4.65. The largest absolute Gasteiger partial charge is 0.325 e. The monoisotopic (exact) mass is 247 g/mol. The molecule has 0 saturated carbocycles. The highest BCUT2D eigenvalue weighted by molar-refractivity contribution is 7.09. The Kier molecular flexibility index (Phi) is 3.92. The first kappa shape index (κ1) is 12.3. The normalized spacial score (nSPS) is 12.6. The number of hydrogen-bond acceptors (Lipinski definition) is 2. The second kappa shape index (κ2) is 5.43. The molecule has 1 aromatic heterocycles. The van der Waals surface area contributed by atoms with E-state index in [4.69, 9.17) is 0 Å². The average molecular weight is 247 g/mol. The van der Waals surface area contributed by atoms with Gasteiger partial charge in [0.2, 0.25) is 0 Å². The molecule has 3 N–H and O–H groups in total. The molecular weight excluding hydrogens is 228 g/mol. The first-order valence-electron chi connectivity index (χ1n) is 6.04. The van der Waals surface area contributed by atoms with Crippen molar-refractivity contribution in [2.45, 2.75) is 32.6 Å². The topological polar surface area (TPSA) is 40.5 Å². The van der Waals surface area contributed by atoms with Crippen molar-refractivity contribution in [3.05, 3.63) is 45.9 Å². The van der Waals surface area contributed by atoms with Crippen molar-refractivity contribution in [2.75, 3.05) is 0 Å². The van der Waals surface area contributed by atoms with Crippen molar-refractivity contribution in [2.24, 2.45) is 0 Å². The van der Waals surface area contributed by atoms with Gasteiger partial charge in [0.1, 0.15) is 5.69 Å². The summed E-state index contributed by atoms with van der Waals surface area (Å²) in [6, 6.07) is 8.46. The van der Waals surface area contributed by atoms with Crippen molar-refractivity contribution in [1.29, 1.82) is 0 Å². The zero-order valence-corrected chi connectivity index (χ0v) is 11.3. The molecule has 3 heteroatoms. The van der Waals surface area contributed by atoms with Crippen LogP contribution in [0.3, 0.4) is 0 Å². The molecule has 2 rings (SSSR count). The number of thiazole rings is 1. The van der Waals surface area contributed by atoms with Gasteiger partial charge in [0.15, 0.2) is 0 Å². The lowest BCUT2D eigenvalue weighted by atomic mass is 10.0. The van der Waals surface area contributed by atoms with Gasteiger partial charge in [0.25, 0.3) is 0 Å². The van der Waals surface area contributed by atoms with E-state index in [0.29, 0.717) is 5.92 Å². The molecular formula is C14H19N2S+. The number of nitrogens with zero attached hydrogens (tertiary/aromatic N) is 1. The van der Waals surface area contributed by atoms with E-state index < -0.39 is 0 Å². The van der Waals surface area contributed by atoms with Crippen LogP contribution in [-0.4, -0.2) is 4.98 Å². The summed E-state index contributed by atoms with van der Waals surface area (Å²) in [7, 11) is 0. The molecule has 1 atom stereocenters. The van der Waals surface area contributed by atoms with Crippen molar-refractivity contribution in [3.8, 4) is 0 Å². The molecule has 0 aliphatic rings. The van der Waals surface area contributed by atoms with Crippen LogP contribution < -0.4 is 5.73 Å². The second-order valence-electron chi connectivity index (χ2n) is 4.45. The molecule has 0 bridgehead atoms. The summed E-state index contributed by atoms with van der Waals surface area (Å²) in [6.07, 6.45) is 2.08. The van der Waals surface area contributed by atoms with E-state index in [1.807, 2.05) is 0 Å². The van der Waals surface area contributed by atoms with Gasteiger partial charge in [-0.1, -0.05) is 26.0 Å². The maximum Gasteiger partial charge on any atom is 0.127 e. The lowest BCUT2D eigenvalue weighted by Crippen LogP contribution is -2.39. The zero-order valence-electron chi connectivity index (χ0n) is 10.4. The molecule has 2 nitrogen and oxygen atoms in total. The number of aryl methyl sites for hydroxylation is 1. The fraction of sp³-hybridized carbons (Fsp3) is 0.357. The molecule has 0 amide bonds. The fourth-order valence-electron chi connectivity index (χ4n) is 1.83. The Hall–Kier alpha value is -1.19. The van der Waals surface area contributed by atoms with Gasteiger partial charge in [0, 0.05) is 11.3 Å². The molecule has 90 valence electrons. The average Bonchev–Trinajstić information content (AvgIpc) is 2.81. The van der Waals surface area contributed by atoms with E-state index in [1.54, 1.807) is 11.3 Å². The molecule has 0 spiro atoms. The molecule has 1 aromatic carbocycles. The third-order valence-corrected chi connectivity index (χ3v) is 4.04. The van der Waals surface area contributed by atoms with E-state index in [0.717, 1.165) is 18.5 Å². The predicted octanol–water partition coefficient (Wildman–Crippen LogP) is 2.93. The molecule has 0 unspecified atom stereocenters. The van der Waals surface area contributed by atoms with Gasteiger partial charge in [-0.25, -0.2) is 4.98 Å². The first-order chi connectivity index (χ1) is 8.19. The Morgan fingerprint density at radius 2 is 2.00 bits per heavy atom. The van der Waals surface area contributed by atoms with Crippen molar-refractivity contribution in [1.82, 2.24) is 4.98 Å². The van der Waals surface area contributed by atoms with E-state index in [9.17, 15) is 0 Å². The van der Waals surface area contributed by atoms with Gasteiger partial charge in [0.05, 0.1) is 10.7 Å². The number of benzene rings is 1. The van der Waals surface area contributed by atoms with Gasteiger partial charge in [-0.3, -0.25) is 0 Å². The van der Waals surface area contributed by atoms with Crippen LogP contribution in [0.25, 0.3) is 0 Å². The Labute approximate surface area is 107 Å². The zero-order chi connectivity index (χ0) is 12.3. The fourth-order valence-corrected chi connectivity index (χ4v) is 2.79. The third-order valence-electron chi connectivity index (χ3n) is 2.92. The summed E-state index contributed by atoms with van der Waals surface area (Å²) < 4.78 is 0. The summed E-state index contributed by atoms with van der Waals surface area (Å²) in [5.74, 6) is 0.496. The number of aromatic nitrogens is 1. The maximum absolute atomic E-state index is 4.65. The highest BCUT2D eigenvalue weighted by Crippen LogP contribution is 2.24. The Bertz CT molecular complexity index is 473. The summed E-state index contributed by atoms with van der Waals surface area (Å²) in [5, 5.41) is 3.42. The summed E-state index contributed by atoms with van der Waals surface area (Å²) >= 11 is 1.78. The molecule has 17 heavy (non-hydrogen) atoms. The smallest absolute Gasteiger partial charge is 0.127 e. The van der Waals surface area contributed by atoms with E-state index in [-0.39, 0.29) is 0 Å².